The lowest BCUT2D eigenvalue weighted by atomic mass is 10.2. The second-order valence-electron chi connectivity index (χ2n) is 6.49. The number of hydrazone groups is 1. The van der Waals surface area contributed by atoms with E-state index in [0.29, 0.717) is 0 Å². The molecule has 0 spiro atoms. The SMILES string of the molecule is O=C(CN(c1ccccc1[N+](=O)[O-])S(=O)(=O)c1ccccc1)NN=C1CCCC1. The van der Waals surface area contributed by atoms with Gasteiger partial charge in [0, 0.05) is 11.8 Å². The number of benzene rings is 2. The summed E-state index contributed by atoms with van der Waals surface area (Å²) >= 11 is 0. The zero-order chi connectivity index (χ0) is 20.9. The van der Waals surface area contributed by atoms with Crippen LogP contribution in [0.4, 0.5) is 11.4 Å². The summed E-state index contributed by atoms with van der Waals surface area (Å²) in [6, 6.07) is 12.9. The molecule has 3 rings (SSSR count). The van der Waals surface area contributed by atoms with Gasteiger partial charge in [0.2, 0.25) is 0 Å². The Balaban J connectivity index is 1.97. The van der Waals surface area contributed by atoms with Crippen molar-refractivity contribution in [3.8, 4) is 0 Å². The van der Waals surface area contributed by atoms with Gasteiger partial charge in [0.25, 0.3) is 21.6 Å². The van der Waals surface area contributed by atoms with Crippen LogP contribution in [0.15, 0.2) is 64.6 Å². The molecule has 10 heteroatoms. The van der Waals surface area contributed by atoms with Gasteiger partial charge in [0.1, 0.15) is 12.2 Å². The van der Waals surface area contributed by atoms with Gasteiger partial charge in [-0.05, 0) is 43.9 Å². The van der Waals surface area contributed by atoms with Crippen molar-refractivity contribution in [3.05, 3.63) is 64.7 Å². The Bertz CT molecular complexity index is 1030. The van der Waals surface area contributed by atoms with Gasteiger partial charge in [-0.25, -0.2) is 18.1 Å². The lowest BCUT2D eigenvalue weighted by Crippen LogP contribution is -2.40. The molecule has 2 aromatic carbocycles. The highest BCUT2D eigenvalue weighted by Crippen LogP contribution is 2.31. The molecule has 0 aliphatic heterocycles. The molecule has 1 amide bonds. The Hall–Kier alpha value is -3.27. The van der Waals surface area contributed by atoms with Crippen LogP contribution >= 0.6 is 0 Å². The minimum absolute atomic E-state index is 0.0759. The van der Waals surface area contributed by atoms with Crippen molar-refractivity contribution < 1.29 is 18.1 Å². The van der Waals surface area contributed by atoms with E-state index in [1.54, 1.807) is 6.07 Å². The van der Waals surface area contributed by atoms with Gasteiger partial charge in [-0.2, -0.15) is 5.10 Å². The Kier molecular flexibility index (Phi) is 6.23. The highest BCUT2D eigenvalue weighted by atomic mass is 32.2. The van der Waals surface area contributed by atoms with Gasteiger partial charge in [0.05, 0.1) is 9.82 Å². The number of amides is 1. The second kappa shape index (κ2) is 8.82. The van der Waals surface area contributed by atoms with E-state index in [1.807, 2.05) is 0 Å². The summed E-state index contributed by atoms with van der Waals surface area (Å²) in [5.74, 6) is -0.679. The first-order valence-electron chi connectivity index (χ1n) is 9.05. The molecule has 29 heavy (non-hydrogen) atoms. The van der Waals surface area contributed by atoms with E-state index < -0.39 is 33.1 Å². The maximum atomic E-state index is 13.2. The summed E-state index contributed by atoms with van der Waals surface area (Å²) in [6.07, 6.45) is 3.58. The normalized spacial score (nSPS) is 13.7. The largest absolute Gasteiger partial charge is 0.293 e. The minimum atomic E-state index is -4.22. The van der Waals surface area contributed by atoms with E-state index in [9.17, 15) is 23.3 Å². The van der Waals surface area contributed by atoms with Crippen LogP contribution in [-0.4, -0.2) is 31.5 Å². The van der Waals surface area contributed by atoms with Crippen LogP contribution in [0.2, 0.25) is 0 Å². The molecule has 9 nitrogen and oxygen atoms in total. The molecule has 152 valence electrons. The van der Waals surface area contributed by atoms with E-state index in [2.05, 4.69) is 10.5 Å². The van der Waals surface area contributed by atoms with Crippen molar-refractivity contribution in [2.45, 2.75) is 30.6 Å². The number of hydrogen-bond donors (Lipinski definition) is 1. The summed E-state index contributed by atoms with van der Waals surface area (Å²) in [4.78, 5) is 23.1. The van der Waals surface area contributed by atoms with Crippen molar-refractivity contribution in [1.29, 1.82) is 0 Å². The quantitative estimate of drug-likeness (QED) is 0.549. The second-order valence-corrected chi connectivity index (χ2v) is 8.35. The average Bonchev–Trinajstić information content (AvgIpc) is 3.24. The van der Waals surface area contributed by atoms with Crippen molar-refractivity contribution >= 4 is 33.0 Å². The van der Waals surface area contributed by atoms with Crippen LogP contribution in [-0.2, 0) is 14.8 Å². The third kappa shape index (κ3) is 4.77. The number of nitrogens with one attached hydrogen (secondary N) is 1. The Morgan fingerprint density at radius 2 is 1.69 bits per heavy atom. The minimum Gasteiger partial charge on any atom is -0.271 e. The van der Waals surface area contributed by atoms with Gasteiger partial charge in [0.15, 0.2) is 0 Å². The third-order valence-electron chi connectivity index (χ3n) is 4.48. The first-order valence-corrected chi connectivity index (χ1v) is 10.5. The van der Waals surface area contributed by atoms with Gasteiger partial charge in [-0.15, -0.1) is 0 Å². The molecule has 0 radical (unpaired) electrons. The molecule has 1 aliphatic carbocycles. The maximum Gasteiger partial charge on any atom is 0.293 e. The van der Waals surface area contributed by atoms with Crippen molar-refractivity contribution in [2.24, 2.45) is 5.10 Å². The number of nitro benzene ring substituents is 1. The van der Waals surface area contributed by atoms with Crippen molar-refractivity contribution in [1.82, 2.24) is 5.43 Å². The Labute approximate surface area is 168 Å². The number of rotatable bonds is 7. The van der Waals surface area contributed by atoms with Crippen LogP contribution < -0.4 is 9.73 Å². The Morgan fingerprint density at radius 3 is 2.34 bits per heavy atom. The van der Waals surface area contributed by atoms with Crippen LogP contribution in [0.5, 0.6) is 0 Å². The molecule has 0 heterocycles. The molecule has 1 fully saturated rings. The number of hydrogen-bond acceptors (Lipinski definition) is 6. The number of anilines is 1. The van der Waals surface area contributed by atoms with E-state index in [0.717, 1.165) is 35.7 Å². The van der Waals surface area contributed by atoms with E-state index >= 15 is 0 Å². The number of nitro groups is 1. The lowest BCUT2D eigenvalue weighted by Gasteiger charge is -2.23. The molecule has 0 bridgehead atoms. The number of carbonyl (C=O) groups excluding carboxylic acids is 1. The zero-order valence-electron chi connectivity index (χ0n) is 15.5. The van der Waals surface area contributed by atoms with Crippen LogP contribution in [0.1, 0.15) is 25.7 Å². The first-order chi connectivity index (χ1) is 13.9. The van der Waals surface area contributed by atoms with Crippen LogP contribution in [0.25, 0.3) is 0 Å². The highest BCUT2D eigenvalue weighted by Gasteiger charge is 2.31. The summed E-state index contributed by atoms with van der Waals surface area (Å²) < 4.78 is 27.1. The van der Waals surface area contributed by atoms with Gasteiger partial charge < -0.3 is 0 Å². The van der Waals surface area contributed by atoms with Gasteiger partial charge in [-0.3, -0.25) is 14.9 Å². The molecule has 0 aromatic heterocycles. The number of para-hydroxylation sites is 2. The molecule has 2 aromatic rings. The molecule has 0 atom stereocenters. The average molecular weight is 416 g/mol. The topological polar surface area (TPSA) is 122 Å². The fourth-order valence-corrected chi connectivity index (χ4v) is 4.51. The fraction of sp³-hybridized carbons (Fsp3) is 0.263. The predicted molar refractivity (Wildman–Crippen MR) is 108 cm³/mol. The van der Waals surface area contributed by atoms with Crippen molar-refractivity contribution in [2.75, 3.05) is 10.8 Å². The monoisotopic (exact) mass is 416 g/mol. The Morgan fingerprint density at radius 1 is 1.07 bits per heavy atom. The highest BCUT2D eigenvalue weighted by molar-refractivity contribution is 7.92. The standard InChI is InChI=1S/C19H20N4O5S/c24-19(21-20-15-8-4-5-9-15)14-22(17-12-6-7-13-18(17)23(25)26)29(27,28)16-10-2-1-3-11-16/h1-3,6-7,10-13H,4-5,8-9,14H2,(H,21,24). The number of nitrogens with zero attached hydrogens (tertiary/aromatic N) is 3. The van der Waals surface area contributed by atoms with Gasteiger partial charge in [-0.1, -0.05) is 30.3 Å². The smallest absolute Gasteiger partial charge is 0.271 e. The molecule has 0 unspecified atom stereocenters. The van der Waals surface area contributed by atoms with Crippen LogP contribution in [0, 0.1) is 10.1 Å². The summed E-state index contributed by atoms with van der Waals surface area (Å²) in [5.41, 5.74) is 2.61. The van der Waals surface area contributed by atoms with Crippen LogP contribution in [0.3, 0.4) is 0 Å². The molecule has 1 saturated carbocycles. The van der Waals surface area contributed by atoms with Crippen molar-refractivity contribution in [3.63, 3.8) is 0 Å². The summed E-state index contributed by atoms with van der Waals surface area (Å²) in [7, 11) is -4.22. The third-order valence-corrected chi connectivity index (χ3v) is 6.26. The summed E-state index contributed by atoms with van der Waals surface area (Å²) in [6.45, 7) is -0.640. The van der Waals surface area contributed by atoms with E-state index in [-0.39, 0.29) is 10.6 Å². The van der Waals surface area contributed by atoms with E-state index in [4.69, 9.17) is 0 Å². The molecule has 1 N–H and O–H groups in total. The summed E-state index contributed by atoms with van der Waals surface area (Å²) in [5, 5.41) is 15.5. The molecular formula is C19H20N4O5S. The maximum absolute atomic E-state index is 13.2. The van der Waals surface area contributed by atoms with Gasteiger partial charge >= 0.3 is 0 Å². The lowest BCUT2D eigenvalue weighted by molar-refractivity contribution is -0.384. The number of sulfonamides is 1. The number of carbonyl (C=O) groups is 1. The predicted octanol–water partition coefficient (Wildman–Crippen LogP) is 2.84. The molecule has 0 saturated heterocycles. The zero-order valence-corrected chi connectivity index (χ0v) is 16.3. The van der Waals surface area contributed by atoms with E-state index in [1.165, 1.54) is 48.5 Å². The molecule has 1 aliphatic rings. The molecular weight excluding hydrogens is 396 g/mol. The fourth-order valence-electron chi connectivity index (χ4n) is 3.05. The first kappa shape index (κ1) is 20.5.